The van der Waals surface area contributed by atoms with E-state index < -0.39 is 11.9 Å². The van der Waals surface area contributed by atoms with Crippen LogP contribution in [-0.2, 0) is 9.59 Å². The van der Waals surface area contributed by atoms with Gasteiger partial charge >= 0.3 is 11.9 Å². The lowest BCUT2D eigenvalue weighted by atomic mass is 10.1. The van der Waals surface area contributed by atoms with Gasteiger partial charge in [-0.25, -0.2) is 9.59 Å². The summed E-state index contributed by atoms with van der Waals surface area (Å²) < 4.78 is 0. The van der Waals surface area contributed by atoms with Crippen molar-refractivity contribution in [1.29, 1.82) is 0 Å². The third-order valence-corrected chi connectivity index (χ3v) is 1.93. The fourth-order valence-electron chi connectivity index (χ4n) is 1.17. The molecule has 0 aromatic rings. The summed E-state index contributed by atoms with van der Waals surface area (Å²) in [5.41, 5.74) is -0.0773. The average Bonchev–Trinajstić information content (AvgIpc) is 2.15. The minimum atomic E-state index is -1.23. The topological polar surface area (TPSA) is 94.8 Å². The molecule has 0 radical (unpaired) electrons. The van der Waals surface area contributed by atoms with Crippen molar-refractivity contribution >= 4 is 11.9 Å². The summed E-state index contributed by atoms with van der Waals surface area (Å²) >= 11 is 0. The molecule has 0 aliphatic carbocycles. The molecule has 0 aliphatic heterocycles. The predicted octanol–water partition coefficient (Wildman–Crippen LogP) is 1.02. The minimum Gasteiger partial charge on any atom is -0.478 e. The van der Waals surface area contributed by atoms with Crippen LogP contribution in [0.2, 0.25) is 0 Å². The van der Waals surface area contributed by atoms with Crippen molar-refractivity contribution in [3.63, 3.8) is 0 Å². The molecule has 0 fully saturated rings. The number of rotatable bonds is 8. The molecule has 0 aromatic carbocycles. The monoisotopic (exact) mass is 216 g/mol. The van der Waals surface area contributed by atoms with E-state index in [2.05, 4.69) is 0 Å². The van der Waals surface area contributed by atoms with Crippen LogP contribution < -0.4 is 0 Å². The third-order valence-electron chi connectivity index (χ3n) is 1.93. The largest absolute Gasteiger partial charge is 0.478 e. The van der Waals surface area contributed by atoms with Crippen LogP contribution in [0.1, 0.15) is 32.1 Å². The molecule has 0 rings (SSSR count). The summed E-state index contributed by atoms with van der Waals surface area (Å²) in [5.74, 6) is -2.41. The molecule has 0 spiro atoms. The van der Waals surface area contributed by atoms with Gasteiger partial charge in [0.2, 0.25) is 0 Å². The van der Waals surface area contributed by atoms with Gasteiger partial charge in [0.1, 0.15) is 0 Å². The fourth-order valence-corrected chi connectivity index (χ4v) is 1.17. The molecule has 0 saturated carbocycles. The molecule has 5 heteroatoms. The highest BCUT2D eigenvalue weighted by Crippen LogP contribution is 2.10. The molecule has 0 aliphatic rings. The smallest absolute Gasteiger partial charge is 0.331 e. The number of aliphatic carboxylic acids is 2. The van der Waals surface area contributed by atoms with E-state index in [1.54, 1.807) is 0 Å². The van der Waals surface area contributed by atoms with Gasteiger partial charge in [-0.05, 0) is 19.3 Å². The van der Waals surface area contributed by atoms with Crippen LogP contribution in [0.3, 0.4) is 0 Å². The first-order valence-corrected chi connectivity index (χ1v) is 4.85. The van der Waals surface area contributed by atoms with Crippen molar-refractivity contribution in [3.8, 4) is 0 Å². The third kappa shape index (κ3) is 7.69. The summed E-state index contributed by atoms with van der Waals surface area (Å²) in [6.45, 7) is 0.136. The van der Waals surface area contributed by atoms with Crippen LogP contribution in [0, 0.1) is 0 Å². The van der Waals surface area contributed by atoms with Gasteiger partial charge in [0, 0.05) is 18.3 Å². The van der Waals surface area contributed by atoms with E-state index in [1.165, 1.54) is 0 Å². The number of aliphatic hydroxyl groups is 1. The summed E-state index contributed by atoms with van der Waals surface area (Å²) in [4.78, 5) is 20.9. The van der Waals surface area contributed by atoms with Gasteiger partial charge in [0.25, 0.3) is 0 Å². The summed E-state index contributed by atoms with van der Waals surface area (Å²) in [7, 11) is 0. The second-order valence-electron chi connectivity index (χ2n) is 3.20. The molecule has 3 N–H and O–H groups in total. The molecule has 0 bridgehead atoms. The van der Waals surface area contributed by atoms with E-state index in [0.29, 0.717) is 12.8 Å². The molecule has 5 nitrogen and oxygen atoms in total. The van der Waals surface area contributed by atoms with Crippen LogP contribution in [0.15, 0.2) is 11.6 Å². The Labute approximate surface area is 88.0 Å². The van der Waals surface area contributed by atoms with E-state index in [1.807, 2.05) is 0 Å². The van der Waals surface area contributed by atoms with Gasteiger partial charge in [-0.3, -0.25) is 0 Å². The number of carboxylic acids is 2. The van der Waals surface area contributed by atoms with Crippen LogP contribution in [-0.4, -0.2) is 33.9 Å². The Morgan fingerprint density at radius 2 is 1.60 bits per heavy atom. The van der Waals surface area contributed by atoms with Crippen LogP contribution in [0.4, 0.5) is 0 Å². The average molecular weight is 216 g/mol. The molecular weight excluding hydrogens is 200 g/mol. The first kappa shape index (κ1) is 13.6. The highest BCUT2D eigenvalue weighted by Gasteiger charge is 2.08. The van der Waals surface area contributed by atoms with Crippen molar-refractivity contribution < 1.29 is 24.9 Å². The van der Waals surface area contributed by atoms with Crippen molar-refractivity contribution in [3.05, 3.63) is 11.6 Å². The maximum atomic E-state index is 10.6. The molecule has 0 atom stereocenters. The quantitative estimate of drug-likeness (QED) is 0.416. The van der Waals surface area contributed by atoms with Crippen LogP contribution in [0.25, 0.3) is 0 Å². The number of unbranched alkanes of at least 4 members (excludes halogenated alkanes) is 3. The minimum absolute atomic E-state index is 0.0773. The maximum absolute atomic E-state index is 10.6. The van der Waals surface area contributed by atoms with E-state index >= 15 is 0 Å². The zero-order valence-electron chi connectivity index (χ0n) is 8.48. The number of hydrogen-bond donors (Lipinski definition) is 3. The Morgan fingerprint density at radius 1 is 1.00 bits per heavy atom. The van der Waals surface area contributed by atoms with Gasteiger partial charge < -0.3 is 15.3 Å². The number of aliphatic hydroxyl groups excluding tert-OH is 1. The number of carboxylic acid groups (broad SMARTS) is 2. The zero-order chi connectivity index (χ0) is 11.7. The summed E-state index contributed by atoms with van der Waals surface area (Å²) in [6, 6.07) is 0. The van der Waals surface area contributed by atoms with E-state index in [9.17, 15) is 9.59 Å². The van der Waals surface area contributed by atoms with Gasteiger partial charge in [0.15, 0.2) is 0 Å². The molecule has 0 unspecified atom stereocenters. The lowest BCUT2D eigenvalue weighted by Crippen LogP contribution is -2.04. The first-order chi connectivity index (χ1) is 7.07. The summed E-state index contributed by atoms with van der Waals surface area (Å²) in [6.07, 6.45) is 3.94. The van der Waals surface area contributed by atoms with Crippen LogP contribution in [0.5, 0.6) is 0 Å². The lowest BCUT2D eigenvalue weighted by molar-refractivity contribution is -0.135. The van der Waals surface area contributed by atoms with E-state index in [-0.39, 0.29) is 18.6 Å². The SMILES string of the molecule is O=C(O)/C=C(/CCCCCCO)C(=O)O. The molecule has 86 valence electrons. The van der Waals surface area contributed by atoms with Crippen molar-refractivity contribution in [2.75, 3.05) is 6.61 Å². The van der Waals surface area contributed by atoms with E-state index in [4.69, 9.17) is 15.3 Å². The number of hydrogen-bond acceptors (Lipinski definition) is 3. The maximum Gasteiger partial charge on any atom is 0.331 e. The summed E-state index contributed by atoms with van der Waals surface area (Å²) in [5, 5.41) is 25.6. The Kier molecular flexibility index (Phi) is 7.27. The fraction of sp³-hybridized carbons (Fsp3) is 0.600. The highest BCUT2D eigenvalue weighted by molar-refractivity contribution is 5.94. The Hall–Kier alpha value is -1.36. The Balaban J connectivity index is 3.88. The van der Waals surface area contributed by atoms with Gasteiger partial charge in [-0.2, -0.15) is 0 Å². The highest BCUT2D eigenvalue weighted by atomic mass is 16.4. The zero-order valence-corrected chi connectivity index (χ0v) is 8.48. The standard InChI is InChI=1S/C10H16O5/c11-6-4-2-1-3-5-8(10(14)15)7-9(12)13/h7,11H,1-6H2,(H,12,13)(H,14,15)/b8-7-. The number of carbonyl (C=O) groups is 2. The van der Waals surface area contributed by atoms with Crippen molar-refractivity contribution in [2.24, 2.45) is 0 Å². The predicted molar refractivity (Wildman–Crippen MR) is 53.5 cm³/mol. The Bertz CT molecular complexity index is 244. The second-order valence-corrected chi connectivity index (χ2v) is 3.20. The Morgan fingerprint density at radius 3 is 2.07 bits per heavy atom. The van der Waals surface area contributed by atoms with Gasteiger partial charge in [-0.1, -0.05) is 12.8 Å². The molecular formula is C10H16O5. The lowest BCUT2D eigenvalue weighted by Gasteiger charge is -2.01. The molecule has 0 heterocycles. The van der Waals surface area contributed by atoms with Gasteiger partial charge in [-0.15, -0.1) is 0 Å². The normalized spacial score (nSPS) is 11.4. The van der Waals surface area contributed by atoms with Crippen molar-refractivity contribution in [1.82, 2.24) is 0 Å². The van der Waals surface area contributed by atoms with Gasteiger partial charge in [0.05, 0.1) is 0 Å². The molecule has 0 aromatic heterocycles. The second kappa shape index (κ2) is 7.99. The molecule has 0 saturated heterocycles. The molecule has 15 heavy (non-hydrogen) atoms. The van der Waals surface area contributed by atoms with E-state index in [0.717, 1.165) is 18.9 Å². The van der Waals surface area contributed by atoms with Crippen molar-refractivity contribution in [2.45, 2.75) is 32.1 Å². The van der Waals surface area contributed by atoms with Crippen LogP contribution >= 0.6 is 0 Å². The molecule has 0 amide bonds. The first-order valence-electron chi connectivity index (χ1n) is 4.85.